The molecule has 0 amide bonds. The van der Waals surface area contributed by atoms with E-state index in [0.717, 1.165) is 36.7 Å². The summed E-state index contributed by atoms with van der Waals surface area (Å²) in [5, 5.41) is 12.6. The van der Waals surface area contributed by atoms with E-state index in [1.54, 1.807) is 0 Å². The van der Waals surface area contributed by atoms with Crippen LogP contribution < -0.4 is 5.32 Å². The van der Waals surface area contributed by atoms with Crippen LogP contribution in [0.1, 0.15) is 52.4 Å². The number of nitrogens with one attached hydrogen (secondary N) is 1. The highest BCUT2D eigenvalue weighted by Gasteiger charge is 2.23. The van der Waals surface area contributed by atoms with Gasteiger partial charge in [-0.3, -0.25) is 4.90 Å². The minimum Gasteiger partial charge on any atom is -0.391 e. The van der Waals surface area contributed by atoms with Crippen molar-refractivity contribution in [1.82, 2.24) is 10.2 Å². The molecule has 1 saturated carbocycles. The average Bonchev–Trinajstić information content (AvgIpc) is 2.51. The van der Waals surface area contributed by atoms with E-state index in [-0.39, 0.29) is 0 Å². The fourth-order valence-electron chi connectivity index (χ4n) is 3.60. The molecule has 21 heavy (non-hydrogen) atoms. The van der Waals surface area contributed by atoms with Gasteiger partial charge in [0.15, 0.2) is 0 Å². The van der Waals surface area contributed by atoms with Gasteiger partial charge in [-0.2, -0.15) is 5.26 Å². The molecule has 2 rings (SSSR count). The fraction of sp³-hybridized carbons (Fsp3) is 0.722. The van der Waals surface area contributed by atoms with E-state index in [0.29, 0.717) is 0 Å². The lowest BCUT2D eigenvalue weighted by atomic mass is 9.87. The van der Waals surface area contributed by atoms with E-state index >= 15 is 0 Å². The smallest absolute Gasteiger partial charge is 0.101 e. The quantitative estimate of drug-likeness (QED) is 0.803. The van der Waals surface area contributed by atoms with Gasteiger partial charge in [0.05, 0.1) is 5.57 Å². The topological polar surface area (TPSA) is 39.1 Å². The first-order valence-corrected chi connectivity index (χ1v) is 8.35. The Kier molecular flexibility index (Phi) is 5.87. The Morgan fingerprint density at radius 3 is 2.67 bits per heavy atom. The zero-order valence-electron chi connectivity index (χ0n) is 13.8. The Hall–Kier alpha value is -1.27. The van der Waals surface area contributed by atoms with Crippen LogP contribution in [0.5, 0.6) is 0 Å². The molecule has 0 aromatic carbocycles. The van der Waals surface area contributed by atoms with E-state index in [1.807, 2.05) is 14.0 Å². The molecule has 0 spiro atoms. The summed E-state index contributed by atoms with van der Waals surface area (Å²) in [4.78, 5) is 2.57. The molecule has 3 heteroatoms. The van der Waals surface area contributed by atoms with Gasteiger partial charge in [0.2, 0.25) is 0 Å². The Labute approximate surface area is 129 Å². The van der Waals surface area contributed by atoms with Crippen LogP contribution in [-0.2, 0) is 0 Å². The molecule has 1 aliphatic heterocycles. The van der Waals surface area contributed by atoms with Gasteiger partial charge in [0.1, 0.15) is 6.07 Å². The second kappa shape index (κ2) is 7.66. The molecule has 0 radical (unpaired) electrons. The maximum Gasteiger partial charge on any atom is 0.101 e. The van der Waals surface area contributed by atoms with Crippen molar-refractivity contribution in [2.75, 3.05) is 26.7 Å². The van der Waals surface area contributed by atoms with Crippen molar-refractivity contribution in [1.29, 1.82) is 5.26 Å². The van der Waals surface area contributed by atoms with E-state index < -0.39 is 0 Å². The van der Waals surface area contributed by atoms with Gasteiger partial charge >= 0.3 is 0 Å². The molecular weight excluding hydrogens is 258 g/mol. The van der Waals surface area contributed by atoms with Crippen molar-refractivity contribution < 1.29 is 0 Å². The molecule has 0 saturated heterocycles. The summed E-state index contributed by atoms with van der Waals surface area (Å²) >= 11 is 0. The lowest BCUT2D eigenvalue weighted by Gasteiger charge is -2.34. The van der Waals surface area contributed by atoms with Crippen LogP contribution in [0, 0.1) is 17.2 Å². The van der Waals surface area contributed by atoms with Gasteiger partial charge in [-0.1, -0.05) is 24.8 Å². The molecule has 3 nitrogen and oxygen atoms in total. The lowest BCUT2D eigenvalue weighted by molar-refractivity contribution is 0.208. The summed E-state index contributed by atoms with van der Waals surface area (Å²) in [5.41, 5.74) is 4.49. The maximum atomic E-state index is 9.50. The second-order valence-corrected chi connectivity index (χ2v) is 6.61. The van der Waals surface area contributed by atoms with Crippen molar-refractivity contribution in [2.24, 2.45) is 5.92 Å². The lowest BCUT2D eigenvalue weighted by Crippen LogP contribution is -2.36. The number of nitriles is 1. The summed E-state index contributed by atoms with van der Waals surface area (Å²) in [6.07, 6.45) is 8.12. The SMILES string of the molecule is CN/C(C)=C(\C#N)C1=C(C)CCN(CC2CCCCC2)C1. The molecule has 0 unspecified atom stereocenters. The zero-order valence-corrected chi connectivity index (χ0v) is 13.8. The molecule has 2 aliphatic rings. The Morgan fingerprint density at radius 1 is 1.33 bits per heavy atom. The van der Waals surface area contributed by atoms with Crippen LogP contribution in [0.25, 0.3) is 0 Å². The Balaban J connectivity index is 2.06. The summed E-state index contributed by atoms with van der Waals surface area (Å²) in [6.45, 7) is 7.51. The third-order valence-corrected chi connectivity index (χ3v) is 5.10. The fourth-order valence-corrected chi connectivity index (χ4v) is 3.60. The van der Waals surface area contributed by atoms with Crippen molar-refractivity contribution in [3.63, 3.8) is 0 Å². The summed E-state index contributed by atoms with van der Waals surface area (Å²) in [5.74, 6) is 0.873. The van der Waals surface area contributed by atoms with Crippen LogP contribution >= 0.6 is 0 Å². The monoisotopic (exact) mass is 287 g/mol. The predicted octanol–water partition coefficient (Wildman–Crippen LogP) is 3.61. The van der Waals surface area contributed by atoms with Crippen molar-refractivity contribution in [2.45, 2.75) is 52.4 Å². The summed E-state index contributed by atoms with van der Waals surface area (Å²) in [6, 6.07) is 2.41. The first kappa shape index (κ1) is 16.1. The molecule has 1 N–H and O–H groups in total. The predicted molar refractivity (Wildman–Crippen MR) is 87.7 cm³/mol. The summed E-state index contributed by atoms with van der Waals surface area (Å²) < 4.78 is 0. The van der Waals surface area contributed by atoms with E-state index in [2.05, 4.69) is 23.2 Å². The molecule has 116 valence electrons. The highest BCUT2D eigenvalue weighted by molar-refractivity contribution is 5.48. The zero-order chi connectivity index (χ0) is 15.2. The molecular formula is C18H29N3. The highest BCUT2D eigenvalue weighted by Crippen LogP contribution is 2.29. The highest BCUT2D eigenvalue weighted by atomic mass is 15.1. The van der Waals surface area contributed by atoms with E-state index in [4.69, 9.17) is 0 Å². The van der Waals surface area contributed by atoms with Gasteiger partial charge < -0.3 is 5.32 Å². The average molecular weight is 287 g/mol. The third-order valence-electron chi connectivity index (χ3n) is 5.10. The molecule has 0 atom stereocenters. The maximum absolute atomic E-state index is 9.50. The van der Waals surface area contributed by atoms with Gasteiger partial charge in [-0.15, -0.1) is 0 Å². The van der Waals surface area contributed by atoms with Crippen LogP contribution in [0.4, 0.5) is 0 Å². The molecule has 0 bridgehead atoms. The molecule has 0 aromatic heterocycles. The largest absolute Gasteiger partial charge is 0.391 e. The van der Waals surface area contributed by atoms with Gasteiger partial charge in [-0.25, -0.2) is 0 Å². The summed E-state index contributed by atoms with van der Waals surface area (Å²) in [7, 11) is 1.89. The van der Waals surface area contributed by atoms with Crippen molar-refractivity contribution in [3.05, 3.63) is 22.4 Å². The minimum absolute atomic E-state index is 0.850. The van der Waals surface area contributed by atoms with Crippen molar-refractivity contribution >= 4 is 0 Å². The van der Waals surface area contributed by atoms with Crippen LogP contribution in [-0.4, -0.2) is 31.6 Å². The van der Waals surface area contributed by atoms with Gasteiger partial charge in [0.25, 0.3) is 0 Å². The Bertz CT molecular complexity index is 461. The molecule has 1 heterocycles. The standard InChI is InChI=1S/C18H29N3/c1-14-9-10-21(12-16-7-5-4-6-8-16)13-18(14)17(11-19)15(2)20-3/h16,20H,4-10,12-13H2,1-3H3/b17-15+. The molecule has 0 aromatic rings. The first-order valence-electron chi connectivity index (χ1n) is 8.35. The van der Waals surface area contributed by atoms with Crippen molar-refractivity contribution in [3.8, 4) is 6.07 Å². The first-order chi connectivity index (χ1) is 10.2. The Morgan fingerprint density at radius 2 is 2.05 bits per heavy atom. The second-order valence-electron chi connectivity index (χ2n) is 6.61. The van der Waals surface area contributed by atoms with E-state index in [9.17, 15) is 5.26 Å². The number of hydrogen-bond donors (Lipinski definition) is 1. The van der Waals surface area contributed by atoms with Crippen LogP contribution in [0.3, 0.4) is 0 Å². The van der Waals surface area contributed by atoms with Crippen LogP contribution in [0.2, 0.25) is 0 Å². The van der Waals surface area contributed by atoms with Gasteiger partial charge in [-0.05, 0) is 44.6 Å². The van der Waals surface area contributed by atoms with Gasteiger partial charge in [0, 0.05) is 32.4 Å². The van der Waals surface area contributed by atoms with Crippen LogP contribution in [0.15, 0.2) is 22.4 Å². The number of nitrogens with zero attached hydrogens (tertiary/aromatic N) is 2. The molecule has 1 aliphatic carbocycles. The minimum atomic E-state index is 0.850. The number of hydrogen-bond acceptors (Lipinski definition) is 3. The number of rotatable bonds is 4. The van der Waals surface area contributed by atoms with E-state index in [1.165, 1.54) is 49.8 Å². The molecule has 1 fully saturated rings. The third kappa shape index (κ3) is 4.11. The number of allylic oxidation sites excluding steroid dienone is 1. The normalized spacial score (nSPS) is 22.8.